The van der Waals surface area contributed by atoms with E-state index in [1.165, 1.54) is 84.0 Å². The second kappa shape index (κ2) is 9.76. The molecular formula is C24H42O3. The van der Waals surface area contributed by atoms with E-state index in [0.29, 0.717) is 11.3 Å². The third-order valence-corrected chi connectivity index (χ3v) is 8.35. The SMILES string of the molecule is CC(=O)OC1CCC(CCC(C)(C2CCCCC2)C2CCCCC2)CC1O. The molecule has 1 N–H and O–H groups in total. The van der Waals surface area contributed by atoms with Crippen LogP contribution in [0.4, 0.5) is 0 Å². The predicted molar refractivity (Wildman–Crippen MR) is 109 cm³/mol. The number of carbonyl (C=O) groups is 1. The van der Waals surface area contributed by atoms with Crippen molar-refractivity contribution in [3.8, 4) is 0 Å². The molecule has 3 rings (SSSR count). The average Bonchev–Trinajstić information content (AvgIpc) is 2.69. The maximum absolute atomic E-state index is 11.2. The Hall–Kier alpha value is -0.570. The van der Waals surface area contributed by atoms with E-state index in [-0.39, 0.29) is 12.1 Å². The van der Waals surface area contributed by atoms with Crippen molar-refractivity contribution in [2.24, 2.45) is 23.2 Å². The van der Waals surface area contributed by atoms with E-state index in [9.17, 15) is 9.90 Å². The van der Waals surface area contributed by atoms with E-state index < -0.39 is 6.10 Å². The van der Waals surface area contributed by atoms with Crippen molar-refractivity contribution in [1.29, 1.82) is 0 Å². The molecule has 3 aliphatic carbocycles. The highest BCUT2D eigenvalue weighted by atomic mass is 16.6. The number of rotatable bonds is 6. The first kappa shape index (κ1) is 21.1. The molecule has 27 heavy (non-hydrogen) atoms. The molecule has 0 aliphatic heterocycles. The minimum atomic E-state index is -0.469. The topological polar surface area (TPSA) is 46.5 Å². The van der Waals surface area contributed by atoms with Crippen LogP contribution in [0, 0.1) is 23.2 Å². The van der Waals surface area contributed by atoms with Gasteiger partial charge >= 0.3 is 5.97 Å². The van der Waals surface area contributed by atoms with Crippen LogP contribution in [0.5, 0.6) is 0 Å². The summed E-state index contributed by atoms with van der Waals surface area (Å²) in [4.78, 5) is 11.2. The van der Waals surface area contributed by atoms with Gasteiger partial charge in [-0.2, -0.15) is 0 Å². The molecule has 3 nitrogen and oxygen atoms in total. The summed E-state index contributed by atoms with van der Waals surface area (Å²) in [6.07, 6.45) is 18.9. The number of aliphatic hydroxyl groups excluding tert-OH is 1. The lowest BCUT2D eigenvalue weighted by atomic mass is 9.57. The number of carbonyl (C=O) groups excluding carboxylic acids is 1. The molecule has 0 saturated heterocycles. The molecule has 0 spiro atoms. The Balaban J connectivity index is 1.58. The van der Waals surface area contributed by atoms with E-state index >= 15 is 0 Å². The quantitative estimate of drug-likeness (QED) is 0.574. The van der Waals surface area contributed by atoms with Crippen LogP contribution in [-0.4, -0.2) is 23.3 Å². The van der Waals surface area contributed by atoms with Gasteiger partial charge in [0.15, 0.2) is 0 Å². The fraction of sp³-hybridized carbons (Fsp3) is 0.958. The second-order valence-corrected chi connectivity index (χ2v) is 10.1. The van der Waals surface area contributed by atoms with Gasteiger partial charge in [0.25, 0.3) is 0 Å². The number of hydrogen-bond donors (Lipinski definition) is 1. The molecule has 156 valence electrons. The standard InChI is InChI=1S/C24H42O3/c1-18(25)27-23-14-13-19(17-22(23)26)15-16-24(2,20-9-5-3-6-10-20)21-11-7-4-8-12-21/h19-23,26H,3-17H2,1-2H3. The minimum absolute atomic E-state index is 0.264. The lowest BCUT2D eigenvalue weighted by molar-refractivity contribution is -0.156. The monoisotopic (exact) mass is 378 g/mol. The molecule has 0 bridgehead atoms. The summed E-state index contributed by atoms with van der Waals surface area (Å²) in [5.41, 5.74) is 0.499. The highest BCUT2D eigenvalue weighted by Crippen LogP contribution is 2.52. The van der Waals surface area contributed by atoms with Crippen molar-refractivity contribution in [1.82, 2.24) is 0 Å². The Morgan fingerprint density at radius 1 is 0.926 bits per heavy atom. The van der Waals surface area contributed by atoms with Gasteiger partial charge in [0, 0.05) is 6.92 Å². The van der Waals surface area contributed by atoms with E-state index in [0.717, 1.165) is 31.1 Å². The molecule has 3 atom stereocenters. The summed E-state index contributed by atoms with van der Waals surface area (Å²) in [5.74, 6) is 2.16. The highest BCUT2D eigenvalue weighted by Gasteiger charge is 2.42. The van der Waals surface area contributed by atoms with E-state index in [1.807, 2.05) is 0 Å². The molecule has 3 fully saturated rings. The lowest BCUT2D eigenvalue weighted by Crippen LogP contribution is -2.40. The van der Waals surface area contributed by atoms with Gasteiger partial charge < -0.3 is 9.84 Å². The van der Waals surface area contributed by atoms with Crippen LogP contribution >= 0.6 is 0 Å². The molecule has 3 heteroatoms. The molecule has 0 heterocycles. The fourth-order valence-corrected chi connectivity index (χ4v) is 6.60. The summed E-state index contributed by atoms with van der Waals surface area (Å²) in [6, 6.07) is 0. The van der Waals surface area contributed by atoms with Gasteiger partial charge in [0.1, 0.15) is 6.10 Å². The molecular weight excluding hydrogens is 336 g/mol. The number of ether oxygens (including phenoxy) is 1. The van der Waals surface area contributed by atoms with E-state index in [4.69, 9.17) is 4.74 Å². The summed E-state index contributed by atoms with van der Waals surface area (Å²) in [5, 5.41) is 10.4. The van der Waals surface area contributed by atoms with Gasteiger partial charge in [-0.25, -0.2) is 0 Å². The molecule has 3 aliphatic rings. The fourth-order valence-electron chi connectivity index (χ4n) is 6.60. The molecule has 0 amide bonds. The Bertz CT molecular complexity index is 444. The smallest absolute Gasteiger partial charge is 0.302 e. The first-order chi connectivity index (χ1) is 13.0. The molecule has 0 aromatic carbocycles. The van der Waals surface area contributed by atoms with Gasteiger partial charge in [-0.1, -0.05) is 45.4 Å². The summed E-state index contributed by atoms with van der Waals surface area (Å²) in [7, 11) is 0. The van der Waals surface area contributed by atoms with Crippen LogP contribution in [-0.2, 0) is 9.53 Å². The van der Waals surface area contributed by atoms with Crippen LogP contribution < -0.4 is 0 Å². The van der Waals surface area contributed by atoms with Crippen molar-refractivity contribution in [3.63, 3.8) is 0 Å². The summed E-state index contributed by atoms with van der Waals surface area (Å²) in [6.45, 7) is 4.07. The van der Waals surface area contributed by atoms with E-state index in [2.05, 4.69) is 6.92 Å². The van der Waals surface area contributed by atoms with Crippen molar-refractivity contribution in [3.05, 3.63) is 0 Å². The van der Waals surface area contributed by atoms with Crippen molar-refractivity contribution in [2.75, 3.05) is 0 Å². The normalized spacial score (nSPS) is 31.6. The zero-order valence-electron chi connectivity index (χ0n) is 17.8. The molecule has 3 unspecified atom stereocenters. The van der Waals surface area contributed by atoms with Crippen LogP contribution in [0.15, 0.2) is 0 Å². The maximum atomic E-state index is 11.2. The molecule has 0 aromatic heterocycles. The van der Waals surface area contributed by atoms with Crippen molar-refractivity contribution < 1.29 is 14.6 Å². The van der Waals surface area contributed by atoms with Gasteiger partial charge in [-0.15, -0.1) is 0 Å². The lowest BCUT2D eigenvalue weighted by Gasteiger charge is -2.48. The average molecular weight is 379 g/mol. The van der Waals surface area contributed by atoms with Gasteiger partial charge in [-0.3, -0.25) is 4.79 Å². The maximum Gasteiger partial charge on any atom is 0.302 e. The Morgan fingerprint density at radius 2 is 1.48 bits per heavy atom. The van der Waals surface area contributed by atoms with Crippen molar-refractivity contribution >= 4 is 5.97 Å². The first-order valence-electron chi connectivity index (χ1n) is 11.8. The molecule has 3 saturated carbocycles. The zero-order chi connectivity index (χ0) is 19.3. The number of hydrogen-bond acceptors (Lipinski definition) is 3. The number of esters is 1. The zero-order valence-corrected chi connectivity index (χ0v) is 17.8. The molecule has 0 aromatic rings. The predicted octanol–water partition coefficient (Wildman–Crippen LogP) is 6.03. The third-order valence-electron chi connectivity index (χ3n) is 8.35. The summed E-state index contributed by atoms with van der Waals surface area (Å²) < 4.78 is 5.30. The van der Waals surface area contributed by atoms with Crippen LogP contribution in [0.1, 0.15) is 110 Å². The van der Waals surface area contributed by atoms with Crippen molar-refractivity contribution in [2.45, 2.75) is 122 Å². The summed E-state index contributed by atoms with van der Waals surface area (Å²) >= 11 is 0. The molecule has 0 radical (unpaired) electrons. The van der Waals surface area contributed by atoms with E-state index in [1.54, 1.807) is 0 Å². The third kappa shape index (κ3) is 5.49. The van der Waals surface area contributed by atoms with Crippen LogP contribution in [0.2, 0.25) is 0 Å². The Labute approximate surface area is 166 Å². The number of aliphatic hydroxyl groups is 1. The second-order valence-electron chi connectivity index (χ2n) is 10.1. The minimum Gasteiger partial charge on any atom is -0.460 e. The Morgan fingerprint density at radius 3 is 1.96 bits per heavy atom. The highest BCUT2D eigenvalue weighted by molar-refractivity contribution is 5.66. The first-order valence-corrected chi connectivity index (χ1v) is 11.8. The van der Waals surface area contributed by atoms with Gasteiger partial charge in [0.05, 0.1) is 6.10 Å². The van der Waals surface area contributed by atoms with Crippen LogP contribution in [0.25, 0.3) is 0 Å². The van der Waals surface area contributed by atoms with Crippen LogP contribution in [0.3, 0.4) is 0 Å². The van der Waals surface area contributed by atoms with Gasteiger partial charge in [-0.05, 0) is 81.0 Å². The Kier molecular flexibility index (Phi) is 7.65. The largest absolute Gasteiger partial charge is 0.460 e. The van der Waals surface area contributed by atoms with Gasteiger partial charge in [0.2, 0.25) is 0 Å².